The second-order valence-electron chi connectivity index (χ2n) is 6.46. The number of thiocarbonyl (C=S) groups is 1. The molecule has 0 bridgehead atoms. The van der Waals surface area contributed by atoms with Gasteiger partial charge in [-0.25, -0.2) is 4.79 Å². The molecule has 0 aliphatic carbocycles. The van der Waals surface area contributed by atoms with E-state index in [1.165, 1.54) is 17.9 Å². The molecule has 1 fully saturated rings. The van der Waals surface area contributed by atoms with Crippen molar-refractivity contribution in [3.05, 3.63) is 65.2 Å². The summed E-state index contributed by atoms with van der Waals surface area (Å²) in [5.74, 6) is -1.81. The number of carbonyl (C=O) groups excluding carboxylic acids is 2. The summed E-state index contributed by atoms with van der Waals surface area (Å²) in [6, 6.07) is 13.6. The highest BCUT2D eigenvalue weighted by Gasteiger charge is 2.34. The van der Waals surface area contributed by atoms with E-state index in [9.17, 15) is 14.4 Å². The number of carbonyl (C=O) groups is 3. The normalized spacial score (nSPS) is 16.6. The maximum atomic E-state index is 13.0. The number of anilines is 1. The Bertz CT molecular complexity index is 1030. The summed E-state index contributed by atoms with van der Waals surface area (Å²) >= 11 is 5.18. The minimum atomic E-state index is -1.08. The van der Waals surface area contributed by atoms with Crippen LogP contribution in [-0.4, -0.2) is 34.1 Å². The molecule has 1 atom stereocenters. The number of ether oxygens (including phenoxy) is 1. The molecule has 0 spiro atoms. The largest absolute Gasteiger partial charge is 0.479 e. The van der Waals surface area contributed by atoms with E-state index in [2.05, 4.69) is 5.32 Å². The highest BCUT2D eigenvalue weighted by Crippen LogP contribution is 2.23. The number of hydrogen-bond donors (Lipinski definition) is 2. The Hall–Kier alpha value is -3.52. The number of aliphatic carboxylic acids is 1. The third-order valence-corrected chi connectivity index (χ3v) is 4.50. The molecule has 1 heterocycles. The van der Waals surface area contributed by atoms with Gasteiger partial charge in [-0.1, -0.05) is 24.3 Å². The van der Waals surface area contributed by atoms with E-state index in [-0.39, 0.29) is 10.7 Å². The van der Waals surface area contributed by atoms with Gasteiger partial charge in [0.05, 0.1) is 5.69 Å². The molecule has 2 N–H and O–H groups in total. The van der Waals surface area contributed by atoms with Crippen LogP contribution in [0.15, 0.2) is 54.1 Å². The number of nitrogens with one attached hydrogen (secondary N) is 1. The van der Waals surface area contributed by atoms with Crippen molar-refractivity contribution in [3.8, 4) is 5.75 Å². The van der Waals surface area contributed by atoms with Crippen molar-refractivity contribution < 1.29 is 24.2 Å². The van der Waals surface area contributed by atoms with Crippen LogP contribution in [0.5, 0.6) is 5.75 Å². The Morgan fingerprint density at radius 2 is 1.90 bits per heavy atom. The van der Waals surface area contributed by atoms with Gasteiger partial charge in [-0.15, -0.1) is 0 Å². The third-order valence-electron chi connectivity index (χ3n) is 4.21. The van der Waals surface area contributed by atoms with Gasteiger partial charge in [0.25, 0.3) is 11.8 Å². The molecule has 148 valence electrons. The summed E-state index contributed by atoms with van der Waals surface area (Å²) in [7, 11) is 0. The third kappa shape index (κ3) is 4.49. The van der Waals surface area contributed by atoms with Gasteiger partial charge in [-0.05, 0) is 67.5 Å². The predicted molar refractivity (Wildman–Crippen MR) is 112 cm³/mol. The van der Waals surface area contributed by atoms with Gasteiger partial charge < -0.3 is 9.84 Å². The average Bonchev–Trinajstić information content (AvgIpc) is 2.66. The number of aryl methyl sites for hydroxylation is 1. The summed E-state index contributed by atoms with van der Waals surface area (Å²) in [6.45, 7) is 3.32. The molecule has 0 aromatic heterocycles. The zero-order valence-electron chi connectivity index (χ0n) is 15.7. The minimum absolute atomic E-state index is 0.0224. The fourth-order valence-corrected chi connectivity index (χ4v) is 3.00. The number of amides is 2. The maximum absolute atomic E-state index is 13.0. The lowest BCUT2D eigenvalue weighted by Gasteiger charge is -2.29. The Morgan fingerprint density at radius 1 is 1.21 bits per heavy atom. The lowest BCUT2D eigenvalue weighted by Crippen LogP contribution is -2.54. The van der Waals surface area contributed by atoms with Crippen LogP contribution >= 0.6 is 12.2 Å². The second-order valence-corrected chi connectivity index (χ2v) is 6.85. The van der Waals surface area contributed by atoms with E-state index in [1.807, 2.05) is 13.0 Å². The average molecular weight is 410 g/mol. The lowest BCUT2D eigenvalue weighted by atomic mass is 10.1. The SMILES string of the molecule is Cc1cccc(N2C(=O)C(=Cc3ccc(OC(C)C(=O)O)cc3)C(=O)NC2=S)c1. The molecular formula is C21H18N2O5S. The van der Waals surface area contributed by atoms with Crippen LogP contribution in [0.2, 0.25) is 0 Å². The molecule has 0 radical (unpaired) electrons. The maximum Gasteiger partial charge on any atom is 0.344 e. The highest BCUT2D eigenvalue weighted by atomic mass is 32.1. The summed E-state index contributed by atoms with van der Waals surface area (Å²) in [5.41, 5.74) is 2.03. The number of carboxylic acid groups (broad SMARTS) is 1. The molecule has 0 saturated carbocycles. The van der Waals surface area contributed by atoms with Crippen molar-refractivity contribution in [3.63, 3.8) is 0 Å². The van der Waals surface area contributed by atoms with Crippen LogP contribution in [0.25, 0.3) is 6.08 Å². The number of carboxylic acids is 1. The van der Waals surface area contributed by atoms with Crippen molar-refractivity contribution in [2.75, 3.05) is 4.90 Å². The zero-order chi connectivity index (χ0) is 21.1. The fourth-order valence-electron chi connectivity index (χ4n) is 2.72. The van der Waals surface area contributed by atoms with Crippen LogP contribution in [0.4, 0.5) is 5.69 Å². The first-order valence-electron chi connectivity index (χ1n) is 8.74. The van der Waals surface area contributed by atoms with Crippen LogP contribution in [0.1, 0.15) is 18.1 Å². The minimum Gasteiger partial charge on any atom is -0.479 e. The molecule has 1 unspecified atom stereocenters. The summed E-state index contributed by atoms with van der Waals surface area (Å²) in [6.07, 6.45) is 0.459. The van der Waals surface area contributed by atoms with E-state index in [4.69, 9.17) is 22.1 Å². The smallest absolute Gasteiger partial charge is 0.344 e. The van der Waals surface area contributed by atoms with E-state index < -0.39 is 23.9 Å². The molecule has 8 heteroatoms. The van der Waals surface area contributed by atoms with Gasteiger partial charge >= 0.3 is 5.97 Å². The number of nitrogens with zero attached hydrogens (tertiary/aromatic N) is 1. The van der Waals surface area contributed by atoms with Gasteiger partial charge in [-0.2, -0.15) is 0 Å². The second kappa shape index (κ2) is 8.24. The molecule has 7 nitrogen and oxygen atoms in total. The van der Waals surface area contributed by atoms with Crippen LogP contribution in [0, 0.1) is 6.92 Å². The van der Waals surface area contributed by atoms with E-state index in [0.29, 0.717) is 17.0 Å². The van der Waals surface area contributed by atoms with Gasteiger partial charge in [-0.3, -0.25) is 19.8 Å². The Kier molecular flexibility index (Phi) is 5.74. The summed E-state index contributed by atoms with van der Waals surface area (Å²) in [4.78, 5) is 37.5. The van der Waals surface area contributed by atoms with Crippen LogP contribution in [-0.2, 0) is 14.4 Å². The van der Waals surface area contributed by atoms with Crippen molar-refractivity contribution in [1.82, 2.24) is 5.32 Å². The number of rotatable bonds is 5. The topological polar surface area (TPSA) is 95.9 Å². The number of hydrogen-bond acceptors (Lipinski definition) is 5. The van der Waals surface area contributed by atoms with Crippen molar-refractivity contribution in [1.29, 1.82) is 0 Å². The monoisotopic (exact) mass is 410 g/mol. The Morgan fingerprint density at radius 3 is 2.52 bits per heavy atom. The molecule has 2 aromatic rings. The Balaban J connectivity index is 1.87. The molecule has 2 amide bonds. The van der Waals surface area contributed by atoms with Crippen LogP contribution < -0.4 is 15.0 Å². The number of benzene rings is 2. The van der Waals surface area contributed by atoms with Crippen LogP contribution in [0.3, 0.4) is 0 Å². The first kappa shape index (κ1) is 20.2. The summed E-state index contributed by atoms with van der Waals surface area (Å²) < 4.78 is 5.27. The highest BCUT2D eigenvalue weighted by molar-refractivity contribution is 7.80. The van der Waals surface area contributed by atoms with Gasteiger partial charge in [0.2, 0.25) is 0 Å². The van der Waals surface area contributed by atoms with Crippen molar-refractivity contribution in [2.45, 2.75) is 20.0 Å². The molecule has 1 aliphatic heterocycles. The first-order valence-corrected chi connectivity index (χ1v) is 9.15. The zero-order valence-corrected chi connectivity index (χ0v) is 16.5. The quantitative estimate of drug-likeness (QED) is 0.447. The predicted octanol–water partition coefficient (Wildman–Crippen LogP) is 2.68. The van der Waals surface area contributed by atoms with Gasteiger partial charge in [0.1, 0.15) is 11.3 Å². The van der Waals surface area contributed by atoms with E-state index >= 15 is 0 Å². The molecule has 2 aromatic carbocycles. The molecular weight excluding hydrogens is 392 g/mol. The fraction of sp³-hybridized carbons (Fsp3) is 0.143. The van der Waals surface area contributed by atoms with E-state index in [0.717, 1.165) is 5.56 Å². The Labute approximate surface area is 172 Å². The van der Waals surface area contributed by atoms with Gasteiger partial charge in [0, 0.05) is 0 Å². The first-order chi connectivity index (χ1) is 13.8. The van der Waals surface area contributed by atoms with Crippen molar-refractivity contribution >= 4 is 46.9 Å². The van der Waals surface area contributed by atoms with Crippen molar-refractivity contribution in [2.24, 2.45) is 0 Å². The van der Waals surface area contributed by atoms with E-state index in [1.54, 1.807) is 42.5 Å². The molecule has 1 aliphatic rings. The molecule has 1 saturated heterocycles. The van der Waals surface area contributed by atoms with Gasteiger partial charge in [0.15, 0.2) is 11.2 Å². The lowest BCUT2D eigenvalue weighted by molar-refractivity contribution is -0.144. The molecule has 29 heavy (non-hydrogen) atoms. The summed E-state index contributed by atoms with van der Waals surface area (Å²) in [5, 5.41) is 11.5. The standard InChI is InChI=1S/C21H18N2O5S/c1-12-4-3-5-15(10-12)23-19(25)17(18(24)22-21(23)29)11-14-6-8-16(9-7-14)28-13(2)20(26)27/h3-11,13H,1-2H3,(H,26,27)(H,22,24,29). The molecule has 3 rings (SSSR count).